The Hall–Kier alpha value is -0.260. The molecule has 0 rings (SSSR count). The molecule has 2 atom stereocenters. The van der Waals surface area contributed by atoms with Crippen molar-refractivity contribution < 1.29 is 0 Å². The van der Waals surface area contributed by atoms with E-state index in [2.05, 4.69) is 39.8 Å². The van der Waals surface area contributed by atoms with E-state index in [1.54, 1.807) is 0 Å². The molecule has 1 unspecified atom stereocenters. The van der Waals surface area contributed by atoms with Crippen LogP contribution in [0.2, 0.25) is 0 Å². The Balaban J connectivity index is 3.71. The van der Waals surface area contributed by atoms with Crippen LogP contribution in [0.3, 0.4) is 0 Å². The van der Waals surface area contributed by atoms with Gasteiger partial charge in [0.15, 0.2) is 0 Å². The number of hydrogen-bond acceptors (Lipinski definition) is 0. The normalized spacial score (nSPS) is 16.3. The van der Waals surface area contributed by atoms with Crippen LogP contribution in [0.15, 0.2) is 12.2 Å². The molecule has 0 saturated heterocycles. The van der Waals surface area contributed by atoms with Gasteiger partial charge in [-0.1, -0.05) is 59.1 Å². The van der Waals surface area contributed by atoms with E-state index >= 15 is 0 Å². The van der Waals surface area contributed by atoms with Gasteiger partial charge < -0.3 is 0 Å². The Morgan fingerprint density at radius 2 is 1.85 bits per heavy atom. The molecule has 0 heteroatoms. The molecular formula is C13H26. The van der Waals surface area contributed by atoms with Crippen molar-refractivity contribution in [1.82, 2.24) is 0 Å². The molecule has 0 aromatic rings. The first-order valence-corrected chi connectivity index (χ1v) is 5.91. The Morgan fingerprint density at radius 3 is 2.31 bits per heavy atom. The summed E-state index contributed by atoms with van der Waals surface area (Å²) in [4.78, 5) is 0. The highest BCUT2D eigenvalue weighted by Crippen LogP contribution is 2.21. The maximum atomic E-state index is 2.37. The monoisotopic (exact) mass is 182 g/mol. The van der Waals surface area contributed by atoms with Crippen LogP contribution < -0.4 is 0 Å². The topological polar surface area (TPSA) is 0 Å². The SMILES string of the molecule is CC/C=C\[C@H](C)CC(CC)CCC. The Kier molecular flexibility index (Phi) is 8.18. The average Bonchev–Trinajstić information content (AvgIpc) is 2.14. The average molecular weight is 182 g/mol. The summed E-state index contributed by atoms with van der Waals surface area (Å²) in [6.45, 7) is 9.14. The Bertz CT molecular complexity index is 124. The fourth-order valence-electron chi connectivity index (χ4n) is 1.87. The van der Waals surface area contributed by atoms with Gasteiger partial charge in [0.05, 0.1) is 0 Å². The van der Waals surface area contributed by atoms with Crippen LogP contribution in [-0.4, -0.2) is 0 Å². The molecule has 0 aliphatic carbocycles. The largest absolute Gasteiger partial charge is 0.0885 e. The number of hydrogen-bond donors (Lipinski definition) is 0. The molecule has 0 nitrogen and oxygen atoms in total. The molecular weight excluding hydrogens is 156 g/mol. The molecule has 0 saturated carbocycles. The highest BCUT2D eigenvalue weighted by atomic mass is 14.1. The molecule has 0 spiro atoms. The predicted molar refractivity (Wildman–Crippen MR) is 61.9 cm³/mol. The first-order valence-electron chi connectivity index (χ1n) is 5.91. The molecule has 78 valence electrons. The summed E-state index contributed by atoms with van der Waals surface area (Å²) >= 11 is 0. The first kappa shape index (κ1) is 12.7. The first-order chi connectivity index (χ1) is 6.24. The third kappa shape index (κ3) is 6.86. The van der Waals surface area contributed by atoms with Gasteiger partial charge in [0.25, 0.3) is 0 Å². The van der Waals surface area contributed by atoms with E-state index in [0.29, 0.717) is 0 Å². The van der Waals surface area contributed by atoms with Gasteiger partial charge in [-0.2, -0.15) is 0 Å². The second-order valence-electron chi connectivity index (χ2n) is 4.11. The van der Waals surface area contributed by atoms with Crippen molar-refractivity contribution in [3.05, 3.63) is 12.2 Å². The molecule has 0 aromatic carbocycles. The maximum absolute atomic E-state index is 2.37. The fraction of sp³-hybridized carbons (Fsp3) is 0.846. The zero-order valence-electron chi connectivity index (χ0n) is 9.84. The summed E-state index contributed by atoms with van der Waals surface area (Å²) in [6, 6.07) is 0. The lowest BCUT2D eigenvalue weighted by atomic mass is 9.90. The van der Waals surface area contributed by atoms with Gasteiger partial charge in [-0.15, -0.1) is 0 Å². The lowest BCUT2D eigenvalue weighted by molar-refractivity contribution is 0.390. The van der Waals surface area contributed by atoms with Crippen molar-refractivity contribution in [3.8, 4) is 0 Å². The third-order valence-electron chi connectivity index (χ3n) is 2.68. The van der Waals surface area contributed by atoms with E-state index in [1.807, 2.05) is 0 Å². The minimum atomic E-state index is 0.774. The van der Waals surface area contributed by atoms with Crippen molar-refractivity contribution in [2.24, 2.45) is 11.8 Å². The fourth-order valence-corrected chi connectivity index (χ4v) is 1.87. The molecule has 13 heavy (non-hydrogen) atoms. The second-order valence-corrected chi connectivity index (χ2v) is 4.11. The van der Waals surface area contributed by atoms with Gasteiger partial charge in [0, 0.05) is 0 Å². The molecule has 0 aliphatic heterocycles. The van der Waals surface area contributed by atoms with E-state index in [0.717, 1.165) is 11.8 Å². The van der Waals surface area contributed by atoms with Crippen LogP contribution in [-0.2, 0) is 0 Å². The van der Waals surface area contributed by atoms with E-state index in [4.69, 9.17) is 0 Å². The summed E-state index contributed by atoms with van der Waals surface area (Å²) < 4.78 is 0. The smallest absolute Gasteiger partial charge is 0.0259 e. The van der Waals surface area contributed by atoms with E-state index in [9.17, 15) is 0 Å². The minimum Gasteiger partial charge on any atom is -0.0885 e. The lowest BCUT2D eigenvalue weighted by Gasteiger charge is -2.16. The summed E-state index contributed by atoms with van der Waals surface area (Å²) in [5.74, 6) is 1.72. The van der Waals surface area contributed by atoms with E-state index < -0.39 is 0 Å². The highest BCUT2D eigenvalue weighted by Gasteiger charge is 2.07. The molecule has 0 heterocycles. The lowest BCUT2D eigenvalue weighted by Crippen LogP contribution is -2.03. The van der Waals surface area contributed by atoms with Crippen molar-refractivity contribution in [2.45, 2.75) is 59.8 Å². The zero-order chi connectivity index (χ0) is 10.1. The van der Waals surface area contributed by atoms with E-state index in [-0.39, 0.29) is 0 Å². The maximum Gasteiger partial charge on any atom is -0.0259 e. The van der Waals surface area contributed by atoms with Crippen LogP contribution in [0, 0.1) is 11.8 Å². The van der Waals surface area contributed by atoms with Crippen molar-refractivity contribution in [1.29, 1.82) is 0 Å². The van der Waals surface area contributed by atoms with Crippen molar-refractivity contribution in [3.63, 3.8) is 0 Å². The molecule has 0 N–H and O–H groups in total. The summed E-state index contributed by atoms with van der Waals surface area (Å²) in [6.07, 6.45) is 11.3. The highest BCUT2D eigenvalue weighted by molar-refractivity contribution is 4.86. The minimum absolute atomic E-state index is 0.774. The Labute approximate surface area is 84.4 Å². The zero-order valence-corrected chi connectivity index (χ0v) is 9.84. The molecule has 0 radical (unpaired) electrons. The van der Waals surface area contributed by atoms with Crippen LogP contribution >= 0.6 is 0 Å². The quantitative estimate of drug-likeness (QED) is 0.496. The second kappa shape index (κ2) is 8.34. The van der Waals surface area contributed by atoms with Gasteiger partial charge in [-0.25, -0.2) is 0 Å². The van der Waals surface area contributed by atoms with Crippen LogP contribution in [0.25, 0.3) is 0 Å². The third-order valence-corrected chi connectivity index (χ3v) is 2.68. The molecule has 0 amide bonds. The van der Waals surface area contributed by atoms with E-state index in [1.165, 1.54) is 32.1 Å². The van der Waals surface area contributed by atoms with Crippen LogP contribution in [0.4, 0.5) is 0 Å². The van der Waals surface area contributed by atoms with Crippen LogP contribution in [0.5, 0.6) is 0 Å². The van der Waals surface area contributed by atoms with Gasteiger partial charge in [0.1, 0.15) is 0 Å². The van der Waals surface area contributed by atoms with Crippen molar-refractivity contribution in [2.75, 3.05) is 0 Å². The molecule has 0 fully saturated rings. The predicted octanol–water partition coefficient (Wildman–Crippen LogP) is 4.81. The number of allylic oxidation sites excluding steroid dienone is 2. The number of rotatable bonds is 7. The van der Waals surface area contributed by atoms with Gasteiger partial charge in [0.2, 0.25) is 0 Å². The summed E-state index contributed by atoms with van der Waals surface area (Å²) in [5.41, 5.74) is 0. The molecule has 0 bridgehead atoms. The summed E-state index contributed by atoms with van der Waals surface area (Å²) in [7, 11) is 0. The summed E-state index contributed by atoms with van der Waals surface area (Å²) in [5, 5.41) is 0. The molecule has 0 aromatic heterocycles. The molecule has 0 aliphatic rings. The van der Waals surface area contributed by atoms with Gasteiger partial charge >= 0.3 is 0 Å². The van der Waals surface area contributed by atoms with Crippen LogP contribution in [0.1, 0.15) is 59.8 Å². The standard InChI is InChI=1S/C13H26/c1-5-8-10-12(4)11-13(7-3)9-6-2/h8,10,12-13H,5-7,9,11H2,1-4H3/b10-8-/t12-,13?/m0/s1. The van der Waals surface area contributed by atoms with Gasteiger partial charge in [-0.05, 0) is 24.7 Å². The Morgan fingerprint density at radius 1 is 1.15 bits per heavy atom. The van der Waals surface area contributed by atoms with Crippen molar-refractivity contribution >= 4 is 0 Å². The van der Waals surface area contributed by atoms with Gasteiger partial charge in [-0.3, -0.25) is 0 Å².